The molecule has 0 aromatic rings. The Morgan fingerprint density at radius 3 is 1.04 bits per heavy atom. The molecular weight excluding hydrogens is 359 g/mol. The molecule has 0 rings (SSSR count). The van der Waals surface area contributed by atoms with Crippen LogP contribution in [0.15, 0.2) is 0 Å². The van der Waals surface area contributed by atoms with Crippen LogP contribution >= 0.6 is 7.82 Å². The highest BCUT2D eigenvalue weighted by Crippen LogP contribution is 2.51. The van der Waals surface area contributed by atoms with E-state index >= 15 is 0 Å². The Morgan fingerprint density at radius 2 is 0.846 bits per heavy atom. The number of aliphatic hydroxyl groups is 3. The zero-order valence-electron chi connectivity index (χ0n) is 17.3. The Balaban J connectivity index is 4.71. The Kier molecular flexibility index (Phi) is 11.1. The summed E-state index contributed by atoms with van der Waals surface area (Å²) in [6, 6.07) is 0. The second kappa shape index (κ2) is 11.1. The number of rotatable bonds is 15. The summed E-state index contributed by atoms with van der Waals surface area (Å²) >= 11 is 0. The van der Waals surface area contributed by atoms with Gasteiger partial charge in [-0.15, -0.1) is 0 Å². The number of aliphatic hydroxyl groups excluding tert-OH is 3. The van der Waals surface area contributed by atoms with Crippen LogP contribution in [0.3, 0.4) is 0 Å². The summed E-state index contributed by atoms with van der Waals surface area (Å²) < 4.78 is 29.2. The van der Waals surface area contributed by atoms with Crippen LogP contribution in [-0.4, -0.2) is 55.0 Å². The molecule has 3 N–H and O–H groups in total. The van der Waals surface area contributed by atoms with Crippen LogP contribution in [0, 0.1) is 16.2 Å². The second-order valence-corrected chi connectivity index (χ2v) is 10.8. The molecule has 0 bridgehead atoms. The molecule has 7 nitrogen and oxygen atoms in total. The van der Waals surface area contributed by atoms with E-state index in [-0.39, 0.29) is 55.9 Å². The molecule has 0 saturated carbocycles. The normalized spacial score (nSPS) is 14.0. The van der Waals surface area contributed by atoms with Crippen LogP contribution < -0.4 is 0 Å². The average molecular weight is 398 g/mol. The fraction of sp³-hybridized carbons (Fsp3) is 1.00. The minimum absolute atomic E-state index is 0.00223. The molecule has 0 aliphatic carbocycles. The first-order valence-corrected chi connectivity index (χ1v) is 10.6. The van der Waals surface area contributed by atoms with Crippen LogP contribution in [0.1, 0.15) is 60.8 Å². The van der Waals surface area contributed by atoms with Crippen molar-refractivity contribution < 1.29 is 33.5 Å². The Labute approximate surface area is 158 Å². The number of hydrogen-bond donors (Lipinski definition) is 3. The zero-order valence-corrected chi connectivity index (χ0v) is 18.2. The van der Waals surface area contributed by atoms with Crippen molar-refractivity contribution in [3.8, 4) is 0 Å². The van der Waals surface area contributed by atoms with Gasteiger partial charge in [0.25, 0.3) is 0 Å². The monoisotopic (exact) mass is 398 g/mol. The van der Waals surface area contributed by atoms with Crippen LogP contribution in [0.2, 0.25) is 0 Å². The van der Waals surface area contributed by atoms with E-state index in [0.717, 1.165) is 0 Å². The van der Waals surface area contributed by atoms with Gasteiger partial charge in [0.1, 0.15) is 0 Å². The van der Waals surface area contributed by atoms with E-state index in [1.807, 2.05) is 41.5 Å². The molecule has 0 heterocycles. The smallest absolute Gasteiger partial charge is 0.396 e. The van der Waals surface area contributed by atoms with Crippen molar-refractivity contribution >= 4 is 7.82 Å². The van der Waals surface area contributed by atoms with Gasteiger partial charge in [-0.1, -0.05) is 41.5 Å². The Bertz CT molecular complexity index is 373. The standard InChI is InChI=1S/C18H39O7P/c1-16(2,13-19)7-10-23-26(22,24-11-8-17(3,4)14-20)25-12-9-18(5,6)15-21/h19-21H,7-15H2,1-6H3. The minimum Gasteiger partial charge on any atom is -0.396 e. The highest BCUT2D eigenvalue weighted by Gasteiger charge is 2.30. The molecule has 0 aliphatic heterocycles. The summed E-state index contributed by atoms with van der Waals surface area (Å²) in [5.41, 5.74) is -1.03. The van der Waals surface area contributed by atoms with Crippen molar-refractivity contribution in [2.75, 3.05) is 39.6 Å². The molecule has 0 spiro atoms. The lowest BCUT2D eigenvalue weighted by molar-refractivity contribution is 0.0615. The topological polar surface area (TPSA) is 105 Å². The molecule has 0 aromatic carbocycles. The largest absolute Gasteiger partial charge is 0.474 e. The summed E-state index contributed by atoms with van der Waals surface area (Å²) in [7, 11) is -3.75. The van der Waals surface area contributed by atoms with Gasteiger partial charge in [0, 0.05) is 19.8 Å². The van der Waals surface area contributed by atoms with Crippen LogP contribution in [0.5, 0.6) is 0 Å². The van der Waals surface area contributed by atoms with Gasteiger partial charge >= 0.3 is 7.82 Å². The van der Waals surface area contributed by atoms with E-state index < -0.39 is 7.82 Å². The molecule has 26 heavy (non-hydrogen) atoms. The predicted octanol–water partition coefficient (Wildman–Crippen LogP) is 3.37. The van der Waals surface area contributed by atoms with E-state index in [4.69, 9.17) is 13.6 Å². The minimum atomic E-state index is -3.75. The third-order valence-corrected chi connectivity index (χ3v) is 5.87. The van der Waals surface area contributed by atoms with Crippen molar-refractivity contribution in [3.05, 3.63) is 0 Å². The summed E-state index contributed by atoms with van der Waals surface area (Å²) in [6.45, 7) is 11.7. The van der Waals surface area contributed by atoms with E-state index in [0.29, 0.717) is 19.3 Å². The van der Waals surface area contributed by atoms with Gasteiger partial charge in [0.2, 0.25) is 0 Å². The van der Waals surface area contributed by atoms with Crippen molar-refractivity contribution in [1.29, 1.82) is 0 Å². The lowest BCUT2D eigenvalue weighted by atomic mass is 9.91. The molecule has 0 radical (unpaired) electrons. The van der Waals surface area contributed by atoms with E-state index in [9.17, 15) is 19.9 Å². The average Bonchev–Trinajstić information content (AvgIpc) is 2.54. The molecule has 158 valence electrons. The third-order valence-electron chi connectivity index (χ3n) is 4.37. The maximum atomic E-state index is 12.9. The molecule has 0 saturated heterocycles. The quantitative estimate of drug-likeness (QED) is 0.363. The van der Waals surface area contributed by atoms with Gasteiger partial charge in [0.15, 0.2) is 0 Å². The highest BCUT2D eigenvalue weighted by atomic mass is 31.2. The number of phosphoric ester groups is 1. The second-order valence-electron chi connectivity index (χ2n) is 9.16. The van der Waals surface area contributed by atoms with Crippen molar-refractivity contribution in [1.82, 2.24) is 0 Å². The number of hydrogen-bond acceptors (Lipinski definition) is 7. The van der Waals surface area contributed by atoms with E-state index in [1.165, 1.54) is 0 Å². The molecule has 8 heteroatoms. The van der Waals surface area contributed by atoms with Gasteiger partial charge < -0.3 is 15.3 Å². The molecule has 0 fully saturated rings. The van der Waals surface area contributed by atoms with Gasteiger partial charge in [0.05, 0.1) is 19.8 Å². The molecule has 0 unspecified atom stereocenters. The number of phosphoric acid groups is 1. The fourth-order valence-corrected chi connectivity index (χ4v) is 2.82. The van der Waals surface area contributed by atoms with Gasteiger partial charge in [-0.05, 0) is 35.5 Å². The molecule has 0 atom stereocenters. The zero-order chi connectivity index (χ0) is 20.5. The SMILES string of the molecule is CC(C)(CO)CCOP(=O)(OCCC(C)(C)CO)OCCC(C)(C)CO. The molecule has 0 amide bonds. The van der Waals surface area contributed by atoms with Crippen molar-refractivity contribution in [2.45, 2.75) is 60.8 Å². The van der Waals surface area contributed by atoms with Gasteiger partial charge in [-0.2, -0.15) is 0 Å². The molecule has 0 aromatic heterocycles. The first-order valence-electron chi connectivity index (χ1n) is 9.17. The van der Waals surface area contributed by atoms with E-state index in [1.54, 1.807) is 0 Å². The fourth-order valence-electron chi connectivity index (χ4n) is 1.65. The van der Waals surface area contributed by atoms with E-state index in [2.05, 4.69) is 0 Å². The molecular formula is C18H39O7P. The predicted molar refractivity (Wildman–Crippen MR) is 102 cm³/mol. The summed E-state index contributed by atoms with van der Waals surface area (Å²) in [5.74, 6) is 0. The van der Waals surface area contributed by atoms with Gasteiger partial charge in [-0.3, -0.25) is 13.6 Å². The van der Waals surface area contributed by atoms with Crippen LogP contribution in [0.25, 0.3) is 0 Å². The van der Waals surface area contributed by atoms with Crippen molar-refractivity contribution in [3.63, 3.8) is 0 Å². The van der Waals surface area contributed by atoms with Gasteiger partial charge in [-0.25, -0.2) is 4.57 Å². The highest BCUT2D eigenvalue weighted by molar-refractivity contribution is 7.48. The Hall–Kier alpha value is -0.0100. The molecule has 0 aliphatic rings. The third kappa shape index (κ3) is 11.7. The van der Waals surface area contributed by atoms with Crippen LogP contribution in [0.4, 0.5) is 0 Å². The maximum absolute atomic E-state index is 12.9. The lowest BCUT2D eigenvalue weighted by Crippen LogP contribution is -2.21. The Morgan fingerprint density at radius 1 is 0.615 bits per heavy atom. The summed E-state index contributed by atoms with van der Waals surface area (Å²) in [5, 5.41) is 27.9. The summed E-state index contributed by atoms with van der Waals surface area (Å²) in [6.07, 6.45) is 1.51. The lowest BCUT2D eigenvalue weighted by Gasteiger charge is -2.26. The first kappa shape index (κ1) is 26.0. The maximum Gasteiger partial charge on any atom is 0.474 e. The van der Waals surface area contributed by atoms with Crippen molar-refractivity contribution in [2.24, 2.45) is 16.2 Å². The van der Waals surface area contributed by atoms with Crippen LogP contribution in [-0.2, 0) is 18.1 Å². The summed E-state index contributed by atoms with van der Waals surface area (Å²) in [4.78, 5) is 0. The first-order chi connectivity index (χ1) is 11.8.